The fourth-order valence-electron chi connectivity index (χ4n) is 2.99. The van der Waals surface area contributed by atoms with E-state index in [4.69, 9.17) is 4.74 Å². The third kappa shape index (κ3) is 2.58. The van der Waals surface area contributed by atoms with Crippen LogP contribution in [0.25, 0.3) is 0 Å². The van der Waals surface area contributed by atoms with E-state index in [0.717, 1.165) is 26.2 Å². The van der Waals surface area contributed by atoms with Crippen LogP contribution in [-0.2, 0) is 11.3 Å². The van der Waals surface area contributed by atoms with Crippen molar-refractivity contribution < 1.29 is 4.74 Å². The second kappa shape index (κ2) is 4.65. The van der Waals surface area contributed by atoms with Crippen LogP contribution in [-0.4, -0.2) is 42.3 Å². The molecule has 1 N–H and O–H groups in total. The number of rotatable bonds is 2. The fraction of sp³-hybridized carbons (Fsp3) is 0.600. The third-order valence-corrected chi connectivity index (χ3v) is 3.83. The van der Waals surface area contributed by atoms with Gasteiger partial charge in [0.2, 0.25) is 0 Å². The van der Waals surface area contributed by atoms with Gasteiger partial charge in [0, 0.05) is 31.2 Å². The van der Waals surface area contributed by atoms with E-state index in [0.29, 0.717) is 12.1 Å². The smallest absolute Gasteiger partial charge is 0.0868 e. The zero-order chi connectivity index (χ0) is 12.6. The van der Waals surface area contributed by atoms with Gasteiger partial charge in [0.05, 0.1) is 12.7 Å². The van der Waals surface area contributed by atoms with Gasteiger partial charge < -0.3 is 10.1 Å². The molecule has 0 aliphatic carbocycles. The lowest BCUT2D eigenvalue weighted by atomic mass is 10.0. The quantitative estimate of drug-likeness (QED) is 0.858. The van der Waals surface area contributed by atoms with E-state index in [2.05, 4.69) is 54.4 Å². The first-order valence-electron chi connectivity index (χ1n) is 6.78. The number of hydrogen-bond acceptors (Lipinski definition) is 3. The molecule has 3 rings (SSSR count). The largest absolute Gasteiger partial charge is 0.373 e. The molecule has 3 nitrogen and oxygen atoms in total. The van der Waals surface area contributed by atoms with E-state index in [1.54, 1.807) is 0 Å². The van der Waals surface area contributed by atoms with Gasteiger partial charge in [-0.05, 0) is 19.4 Å². The highest BCUT2D eigenvalue weighted by molar-refractivity contribution is 5.15. The zero-order valence-electron chi connectivity index (χ0n) is 11.2. The highest BCUT2D eigenvalue weighted by atomic mass is 16.5. The first kappa shape index (κ1) is 12.2. The molecular formula is C15H22N2O. The predicted molar refractivity (Wildman–Crippen MR) is 72.5 cm³/mol. The molecule has 2 heterocycles. The molecule has 0 bridgehead atoms. The number of hydrogen-bond donors (Lipinski definition) is 1. The highest BCUT2D eigenvalue weighted by Crippen LogP contribution is 2.23. The minimum Gasteiger partial charge on any atom is -0.373 e. The Labute approximate surface area is 109 Å². The summed E-state index contributed by atoms with van der Waals surface area (Å²) in [6.07, 6.45) is 0.363. The minimum absolute atomic E-state index is 0.115. The van der Waals surface area contributed by atoms with Crippen molar-refractivity contribution in [1.29, 1.82) is 0 Å². The number of nitrogens with one attached hydrogen (secondary N) is 1. The Bertz CT molecular complexity index is 404. The van der Waals surface area contributed by atoms with Crippen LogP contribution in [0.15, 0.2) is 30.3 Å². The molecule has 0 aromatic heterocycles. The number of likely N-dealkylation sites (tertiary alicyclic amines) is 1. The lowest BCUT2D eigenvalue weighted by molar-refractivity contribution is -0.0325. The lowest BCUT2D eigenvalue weighted by Gasteiger charge is -2.38. The van der Waals surface area contributed by atoms with Crippen LogP contribution in [0.3, 0.4) is 0 Å². The summed E-state index contributed by atoms with van der Waals surface area (Å²) in [5.74, 6) is 0. The lowest BCUT2D eigenvalue weighted by Crippen LogP contribution is -2.59. The first-order valence-corrected chi connectivity index (χ1v) is 6.78. The van der Waals surface area contributed by atoms with Crippen LogP contribution >= 0.6 is 0 Å². The van der Waals surface area contributed by atoms with Gasteiger partial charge in [0.1, 0.15) is 0 Å². The topological polar surface area (TPSA) is 24.5 Å². The van der Waals surface area contributed by atoms with Gasteiger partial charge in [0.25, 0.3) is 0 Å². The maximum atomic E-state index is 5.98. The molecule has 2 saturated heterocycles. The van der Waals surface area contributed by atoms with E-state index in [9.17, 15) is 0 Å². The Kier molecular flexibility index (Phi) is 3.14. The number of morpholine rings is 1. The summed E-state index contributed by atoms with van der Waals surface area (Å²) < 4.78 is 5.98. The Balaban J connectivity index is 1.62. The molecule has 0 radical (unpaired) electrons. The summed E-state index contributed by atoms with van der Waals surface area (Å²) in [5, 5.41) is 3.70. The van der Waals surface area contributed by atoms with Gasteiger partial charge in [0.15, 0.2) is 0 Å². The van der Waals surface area contributed by atoms with Crippen molar-refractivity contribution in [1.82, 2.24) is 10.2 Å². The van der Waals surface area contributed by atoms with Crippen molar-refractivity contribution in [2.45, 2.75) is 38.1 Å². The third-order valence-electron chi connectivity index (χ3n) is 3.83. The average Bonchev–Trinajstić information content (AvgIpc) is 2.70. The second-order valence-corrected chi connectivity index (χ2v) is 6.16. The van der Waals surface area contributed by atoms with E-state index in [1.165, 1.54) is 5.56 Å². The molecule has 0 amide bonds. The number of benzene rings is 1. The van der Waals surface area contributed by atoms with Crippen LogP contribution in [0.4, 0.5) is 0 Å². The van der Waals surface area contributed by atoms with Gasteiger partial charge in [-0.15, -0.1) is 0 Å². The van der Waals surface area contributed by atoms with Crippen molar-refractivity contribution in [2.24, 2.45) is 0 Å². The minimum atomic E-state index is 0.115. The maximum Gasteiger partial charge on any atom is 0.0868 e. The molecule has 0 saturated carbocycles. The van der Waals surface area contributed by atoms with E-state index >= 15 is 0 Å². The Morgan fingerprint density at radius 1 is 1.28 bits per heavy atom. The summed E-state index contributed by atoms with van der Waals surface area (Å²) in [5.41, 5.74) is 1.50. The Morgan fingerprint density at radius 2 is 2.06 bits per heavy atom. The normalized spacial score (nSPS) is 31.2. The molecule has 18 heavy (non-hydrogen) atoms. The molecule has 2 fully saturated rings. The SMILES string of the molecule is CC1(C)COC2CN(Cc3ccccc3)CC2N1. The van der Waals surface area contributed by atoms with Crippen LogP contribution in [0.1, 0.15) is 19.4 Å². The molecule has 1 aromatic carbocycles. The molecule has 2 unspecified atom stereocenters. The highest BCUT2D eigenvalue weighted by Gasteiger charge is 2.40. The molecule has 2 atom stereocenters. The number of nitrogens with zero attached hydrogens (tertiary/aromatic N) is 1. The fourth-order valence-corrected chi connectivity index (χ4v) is 2.99. The van der Waals surface area contributed by atoms with Crippen LogP contribution < -0.4 is 5.32 Å². The van der Waals surface area contributed by atoms with Crippen LogP contribution in [0.2, 0.25) is 0 Å². The molecule has 98 valence electrons. The van der Waals surface area contributed by atoms with Crippen molar-refractivity contribution in [3.63, 3.8) is 0 Å². The Hall–Kier alpha value is -0.900. The maximum absolute atomic E-state index is 5.98. The van der Waals surface area contributed by atoms with Gasteiger partial charge >= 0.3 is 0 Å². The summed E-state index contributed by atoms with van der Waals surface area (Å²) in [6, 6.07) is 11.2. The standard InChI is InChI=1S/C15H22N2O/c1-15(2)11-18-14-10-17(9-13(14)16-15)8-12-6-4-3-5-7-12/h3-7,13-14,16H,8-11H2,1-2H3. The molecule has 3 heteroatoms. The Morgan fingerprint density at radius 3 is 2.83 bits per heavy atom. The van der Waals surface area contributed by atoms with E-state index in [-0.39, 0.29) is 5.54 Å². The van der Waals surface area contributed by atoms with Crippen LogP contribution in [0, 0.1) is 0 Å². The summed E-state index contributed by atoms with van der Waals surface area (Å²) in [4.78, 5) is 2.49. The second-order valence-electron chi connectivity index (χ2n) is 6.16. The molecular weight excluding hydrogens is 224 g/mol. The summed E-state index contributed by atoms with van der Waals surface area (Å²) >= 11 is 0. The van der Waals surface area contributed by atoms with Crippen molar-refractivity contribution in [2.75, 3.05) is 19.7 Å². The molecule has 0 spiro atoms. The van der Waals surface area contributed by atoms with Crippen molar-refractivity contribution >= 4 is 0 Å². The summed E-state index contributed by atoms with van der Waals surface area (Å²) in [7, 11) is 0. The predicted octanol–water partition coefficient (Wildman–Crippen LogP) is 1.64. The van der Waals surface area contributed by atoms with Gasteiger partial charge in [-0.3, -0.25) is 4.90 Å². The van der Waals surface area contributed by atoms with Gasteiger partial charge in [-0.2, -0.15) is 0 Å². The van der Waals surface area contributed by atoms with Crippen LogP contribution in [0.5, 0.6) is 0 Å². The first-order chi connectivity index (χ1) is 8.62. The van der Waals surface area contributed by atoms with Crippen molar-refractivity contribution in [3.8, 4) is 0 Å². The van der Waals surface area contributed by atoms with Gasteiger partial charge in [-0.25, -0.2) is 0 Å². The monoisotopic (exact) mass is 246 g/mol. The van der Waals surface area contributed by atoms with Crippen molar-refractivity contribution in [3.05, 3.63) is 35.9 Å². The average molecular weight is 246 g/mol. The van der Waals surface area contributed by atoms with E-state index < -0.39 is 0 Å². The van der Waals surface area contributed by atoms with Gasteiger partial charge in [-0.1, -0.05) is 30.3 Å². The molecule has 2 aliphatic rings. The van der Waals surface area contributed by atoms with E-state index in [1.807, 2.05) is 0 Å². The molecule has 2 aliphatic heterocycles. The summed E-state index contributed by atoms with van der Waals surface area (Å²) in [6.45, 7) is 8.39. The molecule has 1 aromatic rings. The number of ether oxygens (including phenoxy) is 1. The zero-order valence-corrected chi connectivity index (χ0v) is 11.2. The number of fused-ring (bicyclic) bond motifs is 1.